The molecule has 0 heterocycles. The van der Waals surface area contributed by atoms with Gasteiger partial charge < -0.3 is 15.2 Å². The van der Waals surface area contributed by atoms with Crippen molar-refractivity contribution < 1.29 is 14.6 Å². The van der Waals surface area contributed by atoms with Crippen molar-refractivity contribution >= 4 is 21.8 Å². The van der Waals surface area contributed by atoms with E-state index in [1.165, 1.54) is 0 Å². The van der Waals surface area contributed by atoms with Crippen molar-refractivity contribution in [3.05, 3.63) is 27.7 Å². The Bertz CT molecular complexity index is 420. The van der Waals surface area contributed by atoms with Crippen LogP contribution >= 0.6 is 15.9 Å². The van der Waals surface area contributed by atoms with Gasteiger partial charge in [-0.2, -0.15) is 0 Å². The van der Waals surface area contributed by atoms with Gasteiger partial charge in [0.05, 0.1) is 6.61 Å². The van der Waals surface area contributed by atoms with Crippen molar-refractivity contribution in [2.45, 2.75) is 26.6 Å². The van der Waals surface area contributed by atoms with Crippen LogP contribution in [0.4, 0.5) is 0 Å². The Morgan fingerprint density at radius 1 is 1.59 bits per heavy atom. The van der Waals surface area contributed by atoms with Gasteiger partial charge in [0, 0.05) is 17.1 Å². The van der Waals surface area contributed by atoms with Crippen LogP contribution in [-0.4, -0.2) is 24.2 Å². The number of benzene rings is 1. The van der Waals surface area contributed by atoms with Crippen LogP contribution in [0.1, 0.15) is 18.1 Å². The predicted octanol–water partition coefficient (Wildman–Crippen LogP) is 1.76. The minimum atomic E-state index is -0.592. The second-order valence-corrected chi connectivity index (χ2v) is 4.66. The minimum Gasteiger partial charge on any atom is -0.480 e. The molecule has 2 N–H and O–H groups in total. The van der Waals surface area contributed by atoms with Gasteiger partial charge in [-0.1, -0.05) is 15.9 Å². The lowest BCUT2D eigenvalue weighted by atomic mass is 10.1. The summed E-state index contributed by atoms with van der Waals surface area (Å²) in [4.78, 5) is 11.4. The van der Waals surface area contributed by atoms with Crippen molar-refractivity contribution in [3.8, 4) is 5.75 Å². The molecule has 0 radical (unpaired) electrons. The largest absolute Gasteiger partial charge is 0.480 e. The van der Waals surface area contributed by atoms with E-state index in [0.29, 0.717) is 11.3 Å². The number of ether oxygens (including phenoxy) is 1. The molecule has 0 spiro atoms. The number of rotatable bonds is 4. The van der Waals surface area contributed by atoms with E-state index in [9.17, 15) is 9.90 Å². The molecule has 0 aliphatic carbocycles. The lowest BCUT2D eigenvalue weighted by molar-refractivity contribution is -0.126. The van der Waals surface area contributed by atoms with Crippen molar-refractivity contribution in [1.82, 2.24) is 5.32 Å². The molecule has 0 aliphatic heterocycles. The number of aryl methyl sites for hydroxylation is 1. The van der Waals surface area contributed by atoms with Gasteiger partial charge in [-0.25, -0.2) is 0 Å². The van der Waals surface area contributed by atoms with E-state index >= 15 is 0 Å². The van der Waals surface area contributed by atoms with Gasteiger partial charge in [-0.15, -0.1) is 0 Å². The fourth-order valence-corrected chi connectivity index (χ4v) is 2.14. The van der Waals surface area contributed by atoms with Crippen LogP contribution in [0.15, 0.2) is 16.6 Å². The quantitative estimate of drug-likeness (QED) is 0.891. The van der Waals surface area contributed by atoms with Crippen LogP contribution in [0.3, 0.4) is 0 Å². The summed E-state index contributed by atoms with van der Waals surface area (Å²) in [6, 6.07) is 3.66. The maximum absolute atomic E-state index is 11.4. The molecule has 1 unspecified atom stereocenters. The molecule has 0 bridgehead atoms. The molecule has 0 saturated heterocycles. The van der Waals surface area contributed by atoms with Gasteiger partial charge in [-0.3, -0.25) is 4.79 Å². The first-order valence-corrected chi connectivity index (χ1v) is 6.07. The lowest BCUT2D eigenvalue weighted by Gasteiger charge is -2.18. The number of aliphatic hydroxyl groups is 1. The molecule has 1 amide bonds. The Morgan fingerprint density at radius 3 is 2.76 bits per heavy atom. The smallest absolute Gasteiger partial charge is 0.260 e. The number of nitrogens with one attached hydrogen (secondary N) is 1. The van der Waals surface area contributed by atoms with Gasteiger partial charge >= 0.3 is 0 Å². The fraction of sp³-hybridized carbons (Fsp3) is 0.417. The van der Waals surface area contributed by atoms with E-state index < -0.39 is 6.10 Å². The summed E-state index contributed by atoms with van der Waals surface area (Å²) in [6.45, 7) is 3.41. The van der Waals surface area contributed by atoms with Crippen molar-refractivity contribution in [2.75, 3.05) is 7.05 Å². The van der Waals surface area contributed by atoms with Gasteiger partial charge in [0.2, 0.25) is 0 Å². The van der Waals surface area contributed by atoms with E-state index in [1.54, 1.807) is 20.0 Å². The standard InChI is InChI=1S/C12H16BrNO3/c1-7-4-10(13)5-9(6-15)11(7)17-8(2)12(16)14-3/h4-5,8,15H,6H2,1-3H3,(H,14,16). The summed E-state index contributed by atoms with van der Waals surface area (Å²) in [7, 11) is 1.56. The van der Waals surface area contributed by atoms with Crippen molar-refractivity contribution in [3.63, 3.8) is 0 Å². The summed E-state index contributed by atoms with van der Waals surface area (Å²) < 4.78 is 6.46. The molecule has 0 aliphatic rings. The van der Waals surface area contributed by atoms with Crippen LogP contribution in [0.25, 0.3) is 0 Å². The zero-order valence-electron chi connectivity index (χ0n) is 10.1. The average Bonchev–Trinajstić information content (AvgIpc) is 2.30. The number of likely N-dealkylation sites (N-methyl/N-ethyl adjacent to an activating group) is 1. The number of aliphatic hydroxyl groups excluding tert-OH is 1. The summed E-state index contributed by atoms with van der Waals surface area (Å²) in [5, 5.41) is 11.8. The topological polar surface area (TPSA) is 58.6 Å². The molecule has 1 atom stereocenters. The molecule has 94 valence electrons. The Morgan fingerprint density at radius 2 is 2.24 bits per heavy atom. The Kier molecular flexibility index (Phi) is 4.96. The van der Waals surface area contributed by atoms with E-state index in [4.69, 9.17) is 4.74 Å². The average molecular weight is 302 g/mol. The highest BCUT2D eigenvalue weighted by molar-refractivity contribution is 9.10. The Balaban J connectivity index is 3.01. The highest BCUT2D eigenvalue weighted by Gasteiger charge is 2.16. The van der Waals surface area contributed by atoms with Crippen LogP contribution in [-0.2, 0) is 11.4 Å². The first kappa shape index (κ1) is 14.0. The molecular formula is C12H16BrNO3. The van der Waals surface area contributed by atoms with Gasteiger partial charge in [0.15, 0.2) is 6.10 Å². The number of hydrogen-bond donors (Lipinski definition) is 2. The minimum absolute atomic E-state index is 0.129. The molecule has 0 fully saturated rings. The van der Waals surface area contributed by atoms with Crippen LogP contribution in [0.2, 0.25) is 0 Å². The Labute approximate surface area is 109 Å². The van der Waals surface area contributed by atoms with E-state index in [1.807, 2.05) is 13.0 Å². The monoisotopic (exact) mass is 301 g/mol. The number of hydrogen-bond acceptors (Lipinski definition) is 3. The molecule has 1 aromatic rings. The van der Waals surface area contributed by atoms with Gasteiger partial charge in [-0.05, 0) is 31.5 Å². The SMILES string of the molecule is CNC(=O)C(C)Oc1c(C)cc(Br)cc1CO. The molecule has 0 aromatic heterocycles. The maximum atomic E-state index is 11.4. The molecule has 5 heteroatoms. The van der Waals surface area contributed by atoms with Crippen LogP contribution in [0, 0.1) is 6.92 Å². The predicted molar refractivity (Wildman–Crippen MR) is 69.0 cm³/mol. The maximum Gasteiger partial charge on any atom is 0.260 e. The molecule has 17 heavy (non-hydrogen) atoms. The van der Waals surface area contributed by atoms with Crippen LogP contribution in [0.5, 0.6) is 5.75 Å². The third-order valence-corrected chi connectivity index (χ3v) is 2.85. The molecule has 4 nitrogen and oxygen atoms in total. The molecule has 1 rings (SSSR count). The summed E-state index contributed by atoms with van der Waals surface area (Å²) in [5.74, 6) is 0.364. The third-order valence-electron chi connectivity index (χ3n) is 2.40. The number of amides is 1. The zero-order valence-corrected chi connectivity index (χ0v) is 11.7. The normalized spacial score (nSPS) is 12.1. The van der Waals surface area contributed by atoms with Crippen molar-refractivity contribution in [1.29, 1.82) is 0 Å². The summed E-state index contributed by atoms with van der Waals surface area (Å²) in [5.41, 5.74) is 1.53. The highest BCUT2D eigenvalue weighted by Crippen LogP contribution is 2.28. The van der Waals surface area contributed by atoms with Crippen molar-refractivity contribution in [2.24, 2.45) is 0 Å². The lowest BCUT2D eigenvalue weighted by Crippen LogP contribution is -2.34. The number of halogens is 1. The first-order chi connectivity index (χ1) is 7.99. The first-order valence-electron chi connectivity index (χ1n) is 5.27. The van der Waals surface area contributed by atoms with E-state index in [-0.39, 0.29) is 12.5 Å². The molecule has 0 saturated carbocycles. The summed E-state index contributed by atoms with van der Waals surface area (Å²) in [6.07, 6.45) is -0.592. The third kappa shape index (κ3) is 3.44. The van der Waals surface area contributed by atoms with Crippen LogP contribution < -0.4 is 10.1 Å². The Hall–Kier alpha value is -1.07. The molecule has 1 aromatic carbocycles. The molecular weight excluding hydrogens is 286 g/mol. The van der Waals surface area contributed by atoms with E-state index in [2.05, 4.69) is 21.2 Å². The van der Waals surface area contributed by atoms with Gasteiger partial charge in [0.25, 0.3) is 5.91 Å². The second kappa shape index (κ2) is 6.02. The number of carbonyl (C=O) groups is 1. The van der Waals surface area contributed by atoms with Gasteiger partial charge in [0.1, 0.15) is 5.75 Å². The number of carbonyl (C=O) groups excluding carboxylic acids is 1. The van der Waals surface area contributed by atoms with E-state index in [0.717, 1.165) is 10.0 Å². The summed E-state index contributed by atoms with van der Waals surface area (Å²) >= 11 is 3.35. The highest BCUT2D eigenvalue weighted by atomic mass is 79.9. The second-order valence-electron chi connectivity index (χ2n) is 3.74. The zero-order chi connectivity index (χ0) is 13.0. The fourth-order valence-electron chi connectivity index (χ4n) is 1.52.